The van der Waals surface area contributed by atoms with Crippen LogP contribution < -0.4 is 11.3 Å². The highest BCUT2D eigenvalue weighted by Crippen LogP contribution is 2.14. The van der Waals surface area contributed by atoms with E-state index in [-0.39, 0.29) is 0 Å². The van der Waals surface area contributed by atoms with Crippen LogP contribution in [0.2, 0.25) is 0 Å². The molecule has 0 fully saturated rings. The van der Waals surface area contributed by atoms with E-state index in [4.69, 9.17) is 5.84 Å². The standard InChI is InChI=1S/C12H19BrN2/c1-2-3-7-12(15-14)9-10-5-4-6-11(13)8-10/h4-6,8,12,15H,2-3,7,9,14H2,1H3. The summed E-state index contributed by atoms with van der Waals surface area (Å²) in [6.07, 6.45) is 4.58. The van der Waals surface area contributed by atoms with Gasteiger partial charge in [0.05, 0.1) is 0 Å². The number of unbranched alkanes of at least 4 members (excludes halogenated alkanes) is 1. The van der Waals surface area contributed by atoms with Gasteiger partial charge in [-0.15, -0.1) is 0 Å². The van der Waals surface area contributed by atoms with Crippen molar-refractivity contribution in [2.75, 3.05) is 0 Å². The van der Waals surface area contributed by atoms with Crippen molar-refractivity contribution in [3.63, 3.8) is 0 Å². The largest absolute Gasteiger partial charge is 0.271 e. The number of nitrogens with one attached hydrogen (secondary N) is 1. The maximum atomic E-state index is 5.54. The predicted octanol–water partition coefficient (Wildman–Crippen LogP) is 3.01. The van der Waals surface area contributed by atoms with Crippen LogP contribution in [0.5, 0.6) is 0 Å². The minimum absolute atomic E-state index is 0.388. The second kappa shape index (κ2) is 6.99. The average molecular weight is 271 g/mol. The molecule has 0 saturated heterocycles. The van der Waals surface area contributed by atoms with Gasteiger partial charge in [0.2, 0.25) is 0 Å². The minimum Gasteiger partial charge on any atom is -0.271 e. The van der Waals surface area contributed by atoms with Gasteiger partial charge in [-0.3, -0.25) is 11.3 Å². The smallest absolute Gasteiger partial charge is 0.0250 e. The summed E-state index contributed by atoms with van der Waals surface area (Å²) < 4.78 is 1.13. The fourth-order valence-corrected chi connectivity index (χ4v) is 2.09. The number of rotatable bonds is 6. The zero-order valence-corrected chi connectivity index (χ0v) is 10.8. The Morgan fingerprint density at radius 1 is 1.47 bits per heavy atom. The number of hydrogen-bond donors (Lipinski definition) is 2. The van der Waals surface area contributed by atoms with E-state index < -0.39 is 0 Å². The van der Waals surface area contributed by atoms with Crippen LogP contribution in [0.25, 0.3) is 0 Å². The van der Waals surface area contributed by atoms with Crippen molar-refractivity contribution in [2.45, 2.75) is 38.6 Å². The molecule has 1 rings (SSSR count). The molecule has 84 valence electrons. The van der Waals surface area contributed by atoms with Gasteiger partial charge in [-0.25, -0.2) is 0 Å². The molecule has 15 heavy (non-hydrogen) atoms. The SMILES string of the molecule is CCCCC(Cc1cccc(Br)c1)NN. The lowest BCUT2D eigenvalue weighted by atomic mass is 10.0. The Balaban J connectivity index is 2.50. The van der Waals surface area contributed by atoms with Gasteiger partial charge in [0, 0.05) is 10.5 Å². The van der Waals surface area contributed by atoms with Gasteiger partial charge in [-0.1, -0.05) is 47.8 Å². The minimum atomic E-state index is 0.388. The summed E-state index contributed by atoms with van der Waals surface area (Å²) in [6, 6.07) is 8.78. The molecule has 1 unspecified atom stereocenters. The maximum Gasteiger partial charge on any atom is 0.0250 e. The Bertz CT molecular complexity index is 289. The summed E-state index contributed by atoms with van der Waals surface area (Å²) in [5.74, 6) is 5.54. The van der Waals surface area contributed by atoms with Crippen LogP contribution in [0.4, 0.5) is 0 Å². The molecule has 0 radical (unpaired) electrons. The van der Waals surface area contributed by atoms with Gasteiger partial charge in [-0.2, -0.15) is 0 Å². The third-order valence-corrected chi connectivity index (χ3v) is 3.01. The number of hydrazine groups is 1. The van der Waals surface area contributed by atoms with Crippen molar-refractivity contribution < 1.29 is 0 Å². The second-order valence-electron chi connectivity index (χ2n) is 3.84. The third kappa shape index (κ3) is 4.78. The summed E-state index contributed by atoms with van der Waals surface area (Å²) >= 11 is 3.47. The quantitative estimate of drug-likeness (QED) is 0.616. The van der Waals surface area contributed by atoms with E-state index >= 15 is 0 Å². The fraction of sp³-hybridized carbons (Fsp3) is 0.500. The van der Waals surface area contributed by atoms with Crippen LogP contribution in [-0.4, -0.2) is 6.04 Å². The van der Waals surface area contributed by atoms with E-state index in [0.717, 1.165) is 17.3 Å². The number of nitrogens with two attached hydrogens (primary N) is 1. The Hall–Kier alpha value is -0.380. The van der Waals surface area contributed by atoms with Crippen molar-refractivity contribution in [1.82, 2.24) is 5.43 Å². The zero-order chi connectivity index (χ0) is 11.1. The normalized spacial score (nSPS) is 12.7. The highest BCUT2D eigenvalue weighted by molar-refractivity contribution is 9.10. The maximum absolute atomic E-state index is 5.54. The molecular formula is C12H19BrN2. The van der Waals surface area contributed by atoms with Gasteiger partial charge in [0.25, 0.3) is 0 Å². The first kappa shape index (κ1) is 12.7. The van der Waals surface area contributed by atoms with Gasteiger partial charge in [0.1, 0.15) is 0 Å². The Kier molecular flexibility index (Phi) is 5.91. The van der Waals surface area contributed by atoms with Crippen molar-refractivity contribution in [3.05, 3.63) is 34.3 Å². The van der Waals surface area contributed by atoms with Gasteiger partial charge in [-0.05, 0) is 30.5 Å². The lowest BCUT2D eigenvalue weighted by Gasteiger charge is -2.15. The average Bonchev–Trinajstić information content (AvgIpc) is 2.24. The summed E-state index contributed by atoms with van der Waals surface area (Å²) in [5, 5.41) is 0. The molecule has 2 nitrogen and oxygen atoms in total. The van der Waals surface area contributed by atoms with E-state index in [1.165, 1.54) is 18.4 Å². The highest BCUT2D eigenvalue weighted by atomic mass is 79.9. The van der Waals surface area contributed by atoms with Crippen LogP contribution in [-0.2, 0) is 6.42 Å². The van der Waals surface area contributed by atoms with Crippen molar-refractivity contribution in [2.24, 2.45) is 5.84 Å². The summed E-state index contributed by atoms with van der Waals surface area (Å²) in [7, 11) is 0. The lowest BCUT2D eigenvalue weighted by molar-refractivity contribution is 0.473. The molecule has 1 aromatic carbocycles. The van der Waals surface area contributed by atoms with Crippen molar-refractivity contribution >= 4 is 15.9 Å². The second-order valence-corrected chi connectivity index (χ2v) is 4.76. The monoisotopic (exact) mass is 270 g/mol. The molecule has 0 aliphatic rings. The van der Waals surface area contributed by atoms with Crippen LogP contribution >= 0.6 is 15.9 Å². The highest BCUT2D eigenvalue weighted by Gasteiger charge is 2.06. The Morgan fingerprint density at radius 3 is 2.87 bits per heavy atom. The zero-order valence-electron chi connectivity index (χ0n) is 9.17. The van der Waals surface area contributed by atoms with Gasteiger partial charge < -0.3 is 0 Å². The molecule has 0 saturated carbocycles. The lowest BCUT2D eigenvalue weighted by Crippen LogP contribution is -2.36. The molecule has 0 bridgehead atoms. The molecule has 1 atom stereocenters. The van der Waals surface area contributed by atoms with E-state index in [1.807, 2.05) is 6.07 Å². The fourth-order valence-electron chi connectivity index (χ4n) is 1.64. The van der Waals surface area contributed by atoms with E-state index in [9.17, 15) is 0 Å². The molecule has 3 N–H and O–H groups in total. The predicted molar refractivity (Wildman–Crippen MR) is 68.5 cm³/mol. The summed E-state index contributed by atoms with van der Waals surface area (Å²) in [5.41, 5.74) is 4.21. The molecule has 0 aliphatic carbocycles. The number of benzene rings is 1. The number of hydrogen-bond acceptors (Lipinski definition) is 2. The van der Waals surface area contributed by atoms with E-state index in [0.29, 0.717) is 6.04 Å². The van der Waals surface area contributed by atoms with Crippen molar-refractivity contribution in [1.29, 1.82) is 0 Å². The molecule has 0 aromatic heterocycles. The molecule has 3 heteroatoms. The van der Waals surface area contributed by atoms with Crippen LogP contribution in [0.15, 0.2) is 28.7 Å². The first-order valence-electron chi connectivity index (χ1n) is 5.46. The van der Waals surface area contributed by atoms with Crippen LogP contribution in [0.3, 0.4) is 0 Å². The Morgan fingerprint density at radius 2 is 2.27 bits per heavy atom. The first-order chi connectivity index (χ1) is 7.26. The summed E-state index contributed by atoms with van der Waals surface area (Å²) in [6.45, 7) is 2.20. The topological polar surface area (TPSA) is 38.0 Å². The molecule has 0 spiro atoms. The van der Waals surface area contributed by atoms with Crippen LogP contribution in [0, 0.1) is 0 Å². The van der Waals surface area contributed by atoms with Gasteiger partial charge >= 0.3 is 0 Å². The molecule has 1 aromatic rings. The third-order valence-electron chi connectivity index (χ3n) is 2.51. The first-order valence-corrected chi connectivity index (χ1v) is 6.26. The summed E-state index contributed by atoms with van der Waals surface area (Å²) in [4.78, 5) is 0. The number of halogens is 1. The van der Waals surface area contributed by atoms with E-state index in [2.05, 4.69) is 46.5 Å². The van der Waals surface area contributed by atoms with Gasteiger partial charge in [0.15, 0.2) is 0 Å². The molecule has 0 heterocycles. The molecule has 0 aliphatic heterocycles. The van der Waals surface area contributed by atoms with E-state index in [1.54, 1.807) is 0 Å². The van der Waals surface area contributed by atoms with Crippen molar-refractivity contribution in [3.8, 4) is 0 Å². The molecule has 0 amide bonds. The Labute approximate surface area is 100 Å². The molecular weight excluding hydrogens is 252 g/mol. The van der Waals surface area contributed by atoms with Crippen LogP contribution in [0.1, 0.15) is 31.7 Å².